The number of carbonyl (C=O) groups excluding carboxylic acids is 2. The second kappa shape index (κ2) is 15.6. The summed E-state index contributed by atoms with van der Waals surface area (Å²) in [6, 6.07) is 0. The molecule has 0 amide bonds. The third-order valence-electron chi connectivity index (χ3n) is 4.20. The Labute approximate surface area is 156 Å². The van der Waals surface area contributed by atoms with Crippen LogP contribution in [0.2, 0.25) is 19.6 Å². The van der Waals surface area contributed by atoms with Crippen molar-refractivity contribution in [1.29, 1.82) is 0 Å². The van der Waals surface area contributed by atoms with Crippen molar-refractivity contribution in [3.63, 3.8) is 0 Å². The number of methoxy groups -OCH3 is 1. The maximum atomic E-state index is 11.8. The van der Waals surface area contributed by atoms with Gasteiger partial charge >= 0.3 is 5.97 Å². The molecular weight excluding hydrogens is 332 g/mol. The predicted octanol–water partition coefficient (Wildman–Crippen LogP) is 5.65. The van der Waals surface area contributed by atoms with E-state index in [4.69, 9.17) is 4.43 Å². The van der Waals surface area contributed by atoms with Crippen LogP contribution in [-0.4, -0.2) is 33.8 Å². The molecule has 0 radical (unpaired) electrons. The summed E-state index contributed by atoms with van der Waals surface area (Å²) < 4.78 is 10.4. The van der Waals surface area contributed by atoms with E-state index in [0.717, 1.165) is 70.8 Å². The zero-order valence-corrected chi connectivity index (χ0v) is 18.0. The Kier molecular flexibility index (Phi) is 15.1. The Hall–Kier alpha value is -0.683. The predicted molar refractivity (Wildman–Crippen MR) is 106 cm³/mol. The lowest BCUT2D eigenvalue weighted by Crippen LogP contribution is -2.25. The highest BCUT2D eigenvalue weighted by Gasteiger charge is 2.12. The van der Waals surface area contributed by atoms with E-state index < -0.39 is 8.32 Å². The van der Waals surface area contributed by atoms with Crippen molar-refractivity contribution in [2.75, 3.05) is 13.7 Å². The van der Waals surface area contributed by atoms with Crippen LogP contribution >= 0.6 is 0 Å². The topological polar surface area (TPSA) is 52.6 Å². The zero-order chi connectivity index (χ0) is 19.0. The molecule has 0 aliphatic rings. The molecule has 0 saturated carbocycles. The van der Waals surface area contributed by atoms with E-state index in [2.05, 4.69) is 24.4 Å². The lowest BCUT2D eigenvalue weighted by Gasteiger charge is -2.16. The molecule has 0 aliphatic carbocycles. The van der Waals surface area contributed by atoms with E-state index in [1.54, 1.807) is 0 Å². The number of hydrogen-bond acceptors (Lipinski definition) is 4. The van der Waals surface area contributed by atoms with Crippen LogP contribution in [0.3, 0.4) is 0 Å². The van der Waals surface area contributed by atoms with Gasteiger partial charge < -0.3 is 9.16 Å². The quantitative estimate of drug-likeness (QED) is 0.188. The van der Waals surface area contributed by atoms with E-state index in [0.29, 0.717) is 12.2 Å². The van der Waals surface area contributed by atoms with E-state index in [9.17, 15) is 9.59 Å². The second-order valence-electron chi connectivity index (χ2n) is 7.86. The van der Waals surface area contributed by atoms with Crippen molar-refractivity contribution in [3.05, 3.63) is 0 Å². The highest BCUT2D eigenvalue weighted by Crippen LogP contribution is 2.12. The van der Waals surface area contributed by atoms with Gasteiger partial charge in [0.2, 0.25) is 0 Å². The number of esters is 1. The summed E-state index contributed by atoms with van der Waals surface area (Å²) in [4.78, 5) is 22.8. The molecule has 0 aromatic rings. The van der Waals surface area contributed by atoms with E-state index >= 15 is 0 Å². The SMILES string of the molecule is COC(=O)CCCCCCCC(=O)CCCCCCCO[Si](C)(C)C. The standard InChI is InChI=1S/C20H40O4Si/c1-23-20(22)17-13-9-5-7-11-15-19(21)16-12-8-6-10-14-18-24-25(2,3)4/h5-18H2,1-4H3. The van der Waals surface area contributed by atoms with Gasteiger partial charge in [0.25, 0.3) is 0 Å². The van der Waals surface area contributed by atoms with Crippen LogP contribution in [0.5, 0.6) is 0 Å². The molecule has 0 aliphatic heterocycles. The summed E-state index contributed by atoms with van der Waals surface area (Å²) in [5, 5.41) is 0. The van der Waals surface area contributed by atoms with Gasteiger partial charge in [-0.1, -0.05) is 38.5 Å². The minimum Gasteiger partial charge on any atom is -0.469 e. The maximum absolute atomic E-state index is 11.8. The van der Waals surface area contributed by atoms with Crippen LogP contribution in [0.1, 0.15) is 83.5 Å². The first kappa shape index (κ1) is 24.3. The van der Waals surface area contributed by atoms with Crippen LogP contribution in [0.25, 0.3) is 0 Å². The average Bonchev–Trinajstić information content (AvgIpc) is 2.55. The smallest absolute Gasteiger partial charge is 0.305 e. The van der Waals surface area contributed by atoms with Crippen molar-refractivity contribution >= 4 is 20.1 Å². The number of rotatable bonds is 17. The summed E-state index contributed by atoms with van der Waals surface area (Å²) in [5.74, 6) is 0.287. The zero-order valence-electron chi connectivity index (χ0n) is 17.0. The molecule has 4 nitrogen and oxygen atoms in total. The lowest BCUT2D eigenvalue weighted by atomic mass is 10.0. The summed E-state index contributed by atoms with van der Waals surface area (Å²) >= 11 is 0. The van der Waals surface area contributed by atoms with Gasteiger partial charge in [-0.3, -0.25) is 9.59 Å². The third-order valence-corrected chi connectivity index (χ3v) is 5.27. The first-order valence-electron chi connectivity index (χ1n) is 10.1. The molecule has 25 heavy (non-hydrogen) atoms. The molecule has 0 heterocycles. The largest absolute Gasteiger partial charge is 0.469 e. The molecule has 0 spiro atoms. The van der Waals surface area contributed by atoms with Crippen molar-refractivity contribution in [2.24, 2.45) is 0 Å². The first-order chi connectivity index (χ1) is 11.8. The Bertz CT molecular complexity index is 350. The van der Waals surface area contributed by atoms with Crippen molar-refractivity contribution in [2.45, 2.75) is 103 Å². The highest BCUT2D eigenvalue weighted by atomic mass is 28.4. The maximum Gasteiger partial charge on any atom is 0.305 e. The summed E-state index contributed by atoms with van der Waals surface area (Å²) in [6.45, 7) is 7.57. The van der Waals surface area contributed by atoms with E-state index in [1.165, 1.54) is 20.0 Å². The van der Waals surface area contributed by atoms with Crippen LogP contribution < -0.4 is 0 Å². The van der Waals surface area contributed by atoms with Crippen molar-refractivity contribution < 1.29 is 18.8 Å². The number of ketones is 1. The molecule has 0 rings (SSSR count). The Morgan fingerprint density at radius 1 is 0.680 bits per heavy atom. The summed E-state index contributed by atoms with van der Waals surface area (Å²) in [7, 11) is 0.0839. The van der Waals surface area contributed by atoms with E-state index in [-0.39, 0.29) is 5.97 Å². The monoisotopic (exact) mass is 372 g/mol. The molecule has 5 heteroatoms. The fourth-order valence-corrected chi connectivity index (χ4v) is 3.44. The van der Waals surface area contributed by atoms with Gasteiger partial charge in [-0.15, -0.1) is 0 Å². The van der Waals surface area contributed by atoms with Crippen LogP contribution in [0.15, 0.2) is 0 Å². The van der Waals surface area contributed by atoms with Gasteiger partial charge in [0.15, 0.2) is 8.32 Å². The number of unbranched alkanes of at least 4 members (excludes halogenated alkanes) is 8. The Balaban J connectivity index is 3.27. The van der Waals surface area contributed by atoms with Crippen LogP contribution in [0.4, 0.5) is 0 Å². The fraction of sp³-hybridized carbons (Fsp3) is 0.900. The summed E-state index contributed by atoms with van der Waals surface area (Å²) in [6.07, 6.45) is 12.9. The van der Waals surface area contributed by atoms with Gasteiger partial charge in [-0.2, -0.15) is 0 Å². The second-order valence-corrected chi connectivity index (χ2v) is 12.4. The van der Waals surface area contributed by atoms with Gasteiger partial charge in [-0.05, 0) is 45.3 Å². The minimum atomic E-state index is -1.34. The van der Waals surface area contributed by atoms with Gasteiger partial charge in [0, 0.05) is 25.9 Å². The molecule has 148 valence electrons. The van der Waals surface area contributed by atoms with Crippen molar-refractivity contribution in [3.8, 4) is 0 Å². The molecule has 0 fully saturated rings. The molecule has 0 unspecified atom stereocenters. The molecule has 0 N–H and O–H groups in total. The number of hydrogen-bond donors (Lipinski definition) is 0. The Morgan fingerprint density at radius 3 is 1.60 bits per heavy atom. The molecule has 0 saturated heterocycles. The lowest BCUT2D eigenvalue weighted by molar-refractivity contribution is -0.140. The molecule has 0 bridgehead atoms. The van der Waals surface area contributed by atoms with Gasteiger partial charge in [0.05, 0.1) is 7.11 Å². The number of Topliss-reactive ketones (excluding diaryl/α,β-unsaturated/α-hetero) is 1. The summed E-state index contributed by atoms with van der Waals surface area (Å²) in [5.41, 5.74) is 0. The highest BCUT2D eigenvalue weighted by molar-refractivity contribution is 6.69. The first-order valence-corrected chi connectivity index (χ1v) is 13.5. The normalized spacial score (nSPS) is 11.5. The molecule has 0 atom stereocenters. The number of carbonyl (C=O) groups is 2. The van der Waals surface area contributed by atoms with Crippen LogP contribution in [0, 0.1) is 0 Å². The Morgan fingerprint density at radius 2 is 1.12 bits per heavy atom. The third kappa shape index (κ3) is 19.5. The molecule has 0 aromatic heterocycles. The molecule has 0 aromatic carbocycles. The van der Waals surface area contributed by atoms with Gasteiger partial charge in [-0.25, -0.2) is 0 Å². The average molecular weight is 373 g/mol. The van der Waals surface area contributed by atoms with Crippen LogP contribution in [-0.2, 0) is 18.8 Å². The van der Waals surface area contributed by atoms with E-state index in [1.807, 2.05) is 0 Å². The van der Waals surface area contributed by atoms with Crippen molar-refractivity contribution in [1.82, 2.24) is 0 Å². The fourth-order valence-electron chi connectivity index (χ4n) is 2.68. The number of ether oxygens (including phenoxy) is 1. The van der Waals surface area contributed by atoms with Gasteiger partial charge in [0.1, 0.15) is 5.78 Å². The minimum absolute atomic E-state index is 0.126. The molecular formula is C20H40O4Si.